The molecule has 0 unspecified atom stereocenters. The van der Waals surface area contributed by atoms with Gasteiger partial charge in [0.25, 0.3) is 0 Å². The van der Waals surface area contributed by atoms with Crippen molar-refractivity contribution in [3.63, 3.8) is 0 Å². The molecule has 0 amide bonds. The fourth-order valence-electron chi connectivity index (χ4n) is 1.63. The summed E-state index contributed by atoms with van der Waals surface area (Å²) in [5.74, 6) is 0. The smallest absolute Gasteiger partial charge is 0.0208 e. The van der Waals surface area contributed by atoms with Gasteiger partial charge in [0, 0.05) is 6.54 Å². The second kappa shape index (κ2) is 7.43. The third-order valence-electron chi connectivity index (χ3n) is 2.50. The van der Waals surface area contributed by atoms with Gasteiger partial charge in [-0.05, 0) is 44.1 Å². The Labute approximate surface area is 93.1 Å². The topological polar surface area (TPSA) is 24.1 Å². The van der Waals surface area contributed by atoms with Gasteiger partial charge in [0.2, 0.25) is 0 Å². The summed E-state index contributed by atoms with van der Waals surface area (Å²) in [4.78, 5) is 0. The van der Waals surface area contributed by atoms with E-state index in [-0.39, 0.29) is 0 Å². The first-order valence-electron chi connectivity index (χ1n) is 5.80. The molecule has 1 rings (SSSR count). The Morgan fingerprint density at radius 3 is 2.47 bits per heavy atom. The molecule has 0 aliphatic rings. The quantitative estimate of drug-likeness (QED) is 0.666. The van der Waals surface area contributed by atoms with Crippen molar-refractivity contribution >= 4 is 0 Å². The SMILES string of the molecule is CCCNCc1ccccc1CCNC. The summed E-state index contributed by atoms with van der Waals surface area (Å²) in [5, 5.41) is 6.64. The maximum absolute atomic E-state index is 3.45. The molecular formula is C13H22N2. The molecular weight excluding hydrogens is 184 g/mol. The Bertz CT molecular complexity index is 271. The van der Waals surface area contributed by atoms with E-state index in [0.717, 1.165) is 26.1 Å². The first kappa shape index (κ1) is 12.2. The molecule has 0 spiro atoms. The largest absolute Gasteiger partial charge is 0.319 e. The first-order chi connectivity index (χ1) is 7.38. The average molecular weight is 206 g/mol. The number of rotatable bonds is 7. The van der Waals surface area contributed by atoms with Gasteiger partial charge in [0.15, 0.2) is 0 Å². The molecule has 0 aromatic heterocycles. The van der Waals surface area contributed by atoms with Crippen molar-refractivity contribution in [2.75, 3.05) is 20.1 Å². The molecule has 0 fully saturated rings. The zero-order valence-electron chi connectivity index (χ0n) is 9.84. The van der Waals surface area contributed by atoms with Crippen LogP contribution in [0.15, 0.2) is 24.3 Å². The van der Waals surface area contributed by atoms with Gasteiger partial charge in [-0.3, -0.25) is 0 Å². The van der Waals surface area contributed by atoms with Crippen LogP contribution in [0.4, 0.5) is 0 Å². The van der Waals surface area contributed by atoms with Gasteiger partial charge in [-0.1, -0.05) is 31.2 Å². The summed E-state index contributed by atoms with van der Waals surface area (Å²) in [6.45, 7) is 5.33. The van der Waals surface area contributed by atoms with Crippen molar-refractivity contribution in [3.05, 3.63) is 35.4 Å². The summed E-state index contributed by atoms with van der Waals surface area (Å²) >= 11 is 0. The molecule has 0 saturated heterocycles. The Kier molecular flexibility index (Phi) is 6.05. The first-order valence-corrected chi connectivity index (χ1v) is 5.80. The van der Waals surface area contributed by atoms with Crippen LogP contribution in [-0.2, 0) is 13.0 Å². The van der Waals surface area contributed by atoms with Crippen LogP contribution in [0.5, 0.6) is 0 Å². The lowest BCUT2D eigenvalue weighted by Crippen LogP contribution is -2.17. The highest BCUT2D eigenvalue weighted by molar-refractivity contribution is 5.27. The third kappa shape index (κ3) is 4.45. The predicted molar refractivity (Wildman–Crippen MR) is 66.1 cm³/mol. The van der Waals surface area contributed by atoms with Gasteiger partial charge in [-0.15, -0.1) is 0 Å². The van der Waals surface area contributed by atoms with Crippen LogP contribution >= 0.6 is 0 Å². The van der Waals surface area contributed by atoms with Crippen molar-refractivity contribution in [1.29, 1.82) is 0 Å². The minimum atomic E-state index is 0.994. The fourth-order valence-corrected chi connectivity index (χ4v) is 1.63. The highest BCUT2D eigenvalue weighted by Crippen LogP contribution is 2.08. The van der Waals surface area contributed by atoms with Gasteiger partial charge in [-0.2, -0.15) is 0 Å². The maximum Gasteiger partial charge on any atom is 0.0208 e. The zero-order valence-corrected chi connectivity index (χ0v) is 9.84. The standard InChI is InChI=1S/C13H22N2/c1-3-9-15-11-13-7-5-4-6-12(13)8-10-14-2/h4-7,14-15H,3,8-11H2,1-2H3. The van der Waals surface area contributed by atoms with E-state index in [0.29, 0.717) is 0 Å². The number of hydrogen-bond donors (Lipinski definition) is 2. The molecule has 84 valence electrons. The van der Waals surface area contributed by atoms with Crippen LogP contribution in [0.25, 0.3) is 0 Å². The normalized spacial score (nSPS) is 10.5. The Morgan fingerprint density at radius 2 is 1.80 bits per heavy atom. The summed E-state index contributed by atoms with van der Waals surface area (Å²) in [5.41, 5.74) is 2.89. The average Bonchev–Trinajstić information content (AvgIpc) is 2.28. The van der Waals surface area contributed by atoms with Crippen LogP contribution in [0.1, 0.15) is 24.5 Å². The van der Waals surface area contributed by atoms with E-state index in [1.54, 1.807) is 0 Å². The summed E-state index contributed by atoms with van der Waals surface area (Å²) in [6.07, 6.45) is 2.30. The molecule has 0 radical (unpaired) electrons. The molecule has 2 nitrogen and oxygen atoms in total. The minimum absolute atomic E-state index is 0.994. The van der Waals surface area contributed by atoms with E-state index in [9.17, 15) is 0 Å². The van der Waals surface area contributed by atoms with Gasteiger partial charge >= 0.3 is 0 Å². The van der Waals surface area contributed by atoms with Crippen LogP contribution in [0.2, 0.25) is 0 Å². The number of nitrogens with one attached hydrogen (secondary N) is 2. The highest BCUT2D eigenvalue weighted by atomic mass is 14.8. The molecule has 2 N–H and O–H groups in total. The monoisotopic (exact) mass is 206 g/mol. The van der Waals surface area contributed by atoms with Crippen LogP contribution < -0.4 is 10.6 Å². The fraction of sp³-hybridized carbons (Fsp3) is 0.538. The van der Waals surface area contributed by atoms with E-state index in [2.05, 4.69) is 41.8 Å². The van der Waals surface area contributed by atoms with E-state index in [4.69, 9.17) is 0 Å². The molecule has 0 heterocycles. The minimum Gasteiger partial charge on any atom is -0.319 e. The van der Waals surface area contributed by atoms with Gasteiger partial charge in [-0.25, -0.2) is 0 Å². The lowest BCUT2D eigenvalue weighted by Gasteiger charge is -2.09. The van der Waals surface area contributed by atoms with Crippen molar-refractivity contribution in [1.82, 2.24) is 10.6 Å². The lowest BCUT2D eigenvalue weighted by atomic mass is 10.0. The Balaban J connectivity index is 2.52. The summed E-state index contributed by atoms with van der Waals surface area (Å²) in [6, 6.07) is 8.67. The molecule has 0 aliphatic carbocycles. The van der Waals surface area contributed by atoms with Crippen molar-refractivity contribution in [3.8, 4) is 0 Å². The third-order valence-corrected chi connectivity index (χ3v) is 2.50. The maximum atomic E-state index is 3.45. The van der Waals surface area contributed by atoms with Gasteiger partial charge in [0.05, 0.1) is 0 Å². The highest BCUT2D eigenvalue weighted by Gasteiger charge is 1.99. The van der Waals surface area contributed by atoms with Crippen LogP contribution in [0, 0.1) is 0 Å². The number of likely N-dealkylation sites (N-methyl/N-ethyl adjacent to an activating group) is 1. The Hall–Kier alpha value is -0.860. The summed E-state index contributed by atoms with van der Waals surface area (Å²) in [7, 11) is 2.00. The molecule has 1 aromatic carbocycles. The zero-order chi connectivity index (χ0) is 10.9. The van der Waals surface area contributed by atoms with Crippen molar-refractivity contribution in [2.24, 2.45) is 0 Å². The molecule has 2 heteroatoms. The second-order valence-corrected chi connectivity index (χ2v) is 3.80. The predicted octanol–water partition coefficient (Wildman–Crippen LogP) is 1.95. The van der Waals surface area contributed by atoms with E-state index >= 15 is 0 Å². The number of benzene rings is 1. The molecule has 1 aromatic rings. The molecule has 0 saturated carbocycles. The van der Waals surface area contributed by atoms with Gasteiger partial charge < -0.3 is 10.6 Å². The molecule has 0 aliphatic heterocycles. The lowest BCUT2D eigenvalue weighted by molar-refractivity contribution is 0.668. The van der Waals surface area contributed by atoms with E-state index in [1.165, 1.54) is 17.5 Å². The number of hydrogen-bond acceptors (Lipinski definition) is 2. The van der Waals surface area contributed by atoms with Gasteiger partial charge in [0.1, 0.15) is 0 Å². The molecule has 0 atom stereocenters. The van der Waals surface area contributed by atoms with Crippen LogP contribution in [-0.4, -0.2) is 20.1 Å². The van der Waals surface area contributed by atoms with Crippen molar-refractivity contribution in [2.45, 2.75) is 26.3 Å². The molecule has 15 heavy (non-hydrogen) atoms. The van der Waals surface area contributed by atoms with Crippen LogP contribution in [0.3, 0.4) is 0 Å². The van der Waals surface area contributed by atoms with E-state index in [1.807, 2.05) is 7.05 Å². The van der Waals surface area contributed by atoms with Crippen molar-refractivity contribution < 1.29 is 0 Å². The Morgan fingerprint density at radius 1 is 1.07 bits per heavy atom. The summed E-state index contributed by atoms with van der Waals surface area (Å²) < 4.78 is 0. The van der Waals surface area contributed by atoms with E-state index < -0.39 is 0 Å². The second-order valence-electron chi connectivity index (χ2n) is 3.80. The molecule has 0 bridgehead atoms.